The molecule has 158 valence electrons. The number of aryl methyl sites for hydroxylation is 3. The highest BCUT2D eigenvalue weighted by Crippen LogP contribution is 2.31. The molecule has 3 aromatic rings. The van der Waals surface area contributed by atoms with E-state index in [0.717, 1.165) is 28.8 Å². The number of nitrogens with zero attached hydrogens (tertiary/aromatic N) is 6. The Morgan fingerprint density at radius 2 is 2.07 bits per heavy atom. The van der Waals surface area contributed by atoms with E-state index in [2.05, 4.69) is 23.0 Å². The molecule has 5 rings (SSSR count). The smallest absolute Gasteiger partial charge is 0.230 e. The number of aromatic nitrogens is 5. The van der Waals surface area contributed by atoms with Gasteiger partial charge in [-0.2, -0.15) is 15.1 Å². The van der Waals surface area contributed by atoms with Gasteiger partial charge in [-0.3, -0.25) is 4.68 Å². The lowest BCUT2D eigenvalue weighted by Gasteiger charge is -2.33. The summed E-state index contributed by atoms with van der Waals surface area (Å²) >= 11 is 0. The van der Waals surface area contributed by atoms with E-state index in [4.69, 9.17) is 24.4 Å². The van der Waals surface area contributed by atoms with Crippen LogP contribution in [0.4, 0.5) is 5.95 Å². The monoisotopic (exact) mass is 408 g/mol. The third-order valence-corrected chi connectivity index (χ3v) is 6.21. The van der Waals surface area contributed by atoms with Crippen molar-refractivity contribution in [3.8, 4) is 5.88 Å². The largest absolute Gasteiger partial charge is 0.477 e. The van der Waals surface area contributed by atoms with Gasteiger partial charge in [0.2, 0.25) is 11.8 Å². The molecule has 8 nitrogen and oxygen atoms in total. The molecule has 4 heterocycles. The average Bonchev–Trinajstić information content (AvgIpc) is 3.14. The SMILES string of the molecule is Cc1cc2c(OCC3CCC3)nc(N3CCO[C@H](c4cnn(C)c4)C3)nc2nc1C. The van der Waals surface area contributed by atoms with Crippen LogP contribution in [-0.2, 0) is 11.8 Å². The lowest BCUT2D eigenvalue weighted by atomic mass is 9.86. The van der Waals surface area contributed by atoms with Crippen LogP contribution in [0.15, 0.2) is 18.5 Å². The third kappa shape index (κ3) is 3.71. The number of ether oxygens (including phenoxy) is 2. The summed E-state index contributed by atoms with van der Waals surface area (Å²) in [7, 11) is 1.91. The zero-order valence-electron chi connectivity index (χ0n) is 17.8. The van der Waals surface area contributed by atoms with Crippen molar-refractivity contribution in [1.82, 2.24) is 24.7 Å². The van der Waals surface area contributed by atoms with Gasteiger partial charge in [0.15, 0.2) is 5.65 Å². The van der Waals surface area contributed by atoms with Crippen molar-refractivity contribution in [2.75, 3.05) is 31.2 Å². The second-order valence-electron chi connectivity index (χ2n) is 8.45. The van der Waals surface area contributed by atoms with Crippen LogP contribution >= 0.6 is 0 Å². The first-order valence-electron chi connectivity index (χ1n) is 10.7. The summed E-state index contributed by atoms with van der Waals surface area (Å²) in [4.78, 5) is 16.5. The van der Waals surface area contributed by atoms with Gasteiger partial charge in [-0.1, -0.05) is 6.42 Å². The standard InChI is InChI=1S/C22H28N6O2/c1-14-9-18-20(24-15(14)2)25-22(26-21(18)30-13-16-5-4-6-16)28-7-8-29-19(12-28)17-10-23-27(3)11-17/h9-11,16,19H,4-8,12-13H2,1-3H3/t19-/m0/s1. The Labute approximate surface area is 176 Å². The molecule has 1 saturated heterocycles. The molecule has 0 bridgehead atoms. The van der Waals surface area contributed by atoms with Crippen LogP contribution < -0.4 is 9.64 Å². The van der Waals surface area contributed by atoms with Crippen LogP contribution in [0.3, 0.4) is 0 Å². The maximum atomic E-state index is 6.20. The van der Waals surface area contributed by atoms with Crippen molar-refractivity contribution in [1.29, 1.82) is 0 Å². The van der Waals surface area contributed by atoms with E-state index in [9.17, 15) is 0 Å². The van der Waals surface area contributed by atoms with Crippen molar-refractivity contribution in [2.45, 2.75) is 39.2 Å². The van der Waals surface area contributed by atoms with Gasteiger partial charge in [-0.05, 0) is 44.2 Å². The minimum Gasteiger partial charge on any atom is -0.477 e. The van der Waals surface area contributed by atoms with Crippen molar-refractivity contribution in [3.05, 3.63) is 35.3 Å². The summed E-state index contributed by atoms with van der Waals surface area (Å²) in [5.41, 5.74) is 3.85. The van der Waals surface area contributed by atoms with Gasteiger partial charge in [0.1, 0.15) is 6.10 Å². The van der Waals surface area contributed by atoms with E-state index in [1.54, 1.807) is 4.68 Å². The fourth-order valence-corrected chi connectivity index (χ4v) is 3.95. The van der Waals surface area contributed by atoms with Crippen molar-refractivity contribution in [2.24, 2.45) is 13.0 Å². The molecule has 30 heavy (non-hydrogen) atoms. The highest BCUT2D eigenvalue weighted by atomic mass is 16.5. The van der Waals surface area contributed by atoms with Crippen LogP contribution in [0.25, 0.3) is 11.0 Å². The topological polar surface area (TPSA) is 78.2 Å². The van der Waals surface area contributed by atoms with Crippen molar-refractivity contribution >= 4 is 17.0 Å². The van der Waals surface area contributed by atoms with E-state index in [1.165, 1.54) is 19.3 Å². The average molecular weight is 409 g/mol. The zero-order valence-corrected chi connectivity index (χ0v) is 17.8. The van der Waals surface area contributed by atoms with Gasteiger partial charge in [-0.25, -0.2) is 4.98 Å². The van der Waals surface area contributed by atoms with Crippen LogP contribution in [0.1, 0.15) is 42.2 Å². The summed E-state index contributed by atoms with van der Waals surface area (Å²) < 4.78 is 14.0. The maximum Gasteiger partial charge on any atom is 0.230 e. The minimum atomic E-state index is -0.0567. The Hall–Kier alpha value is -2.74. The highest BCUT2D eigenvalue weighted by Gasteiger charge is 2.26. The molecule has 0 unspecified atom stereocenters. The molecule has 0 aromatic carbocycles. The fourth-order valence-electron chi connectivity index (χ4n) is 3.95. The van der Waals surface area contributed by atoms with Crippen LogP contribution in [0.5, 0.6) is 5.88 Å². The summed E-state index contributed by atoms with van der Waals surface area (Å²) in [6, 6.07) is 2.09. The number of pyridine rings is 1. The number of anilines is 1. The summed E-state index contributed by atoms with van der Waals surface area (Å²) in [5, 5.41) is 5.16. The first-order chi connectivity index (χ1) is 14.6. The molecular formula is C22H28N6O2. The zero-order chi connectivity index (χ0) is 20.7. The lowest BCUT2D eigenvalue weighted by molar-refractivity contribution is 0.0391. The van der Waals surface area contributed by atoms with Crippen LogP contribution in [0.2, 0.25) is 0 Å². The first kappa shape index (κ1) is 19.2. The van der Waals surface area contributed by atoms with Gasteiger partial charge in [-0.15, -0.1) is 0 Å². The second-order valence-corrected chi connectivity index (χ2v) is 8.45. The van der Waals surface area contributed by atoms with Gasteiger partial charge in [0, 0.05) is 31.0 Å². The molecule has 2 fully saturated rings. The molecular weight excluding hydrogens is 380 g/mol. The summed E-state index contributed by atoms with van der Waals surface area (Å²) in [6.07, 6.45) is 7.57. The third-order valence-electron chi connectivity index (χ3n) is 6.21. The predicted octanol–water partition coefficient (Wildman–Crippen LogP) is 3.13. The molecule has 1 aliphatic heterocycles. The molecule has 3 aromatic heterocycles. The number of fused-ring (bicyclic) bond motifs is 1. The van der Waals surface area contributed by atoms with E-state index in [-0.39, 0.29) is 6.10 Å². The number of morpholine rings is 1. The molecule has 8 heteroatoms. The highest BCUT2D eigenvalue weighted by molar-refractivity contribution is 5.82. The molecule has 0 spiro atoms. The van der Waals surface area contributed by atoms with Crippen LogP contribution in [0, 0.1) is 19.8 Å². The molecule has 0 N–H and O–H groups in total. The Balaban J connectivity index is 1.47. The van der Waals surface area contributed by atoms with E-state index in [0.29, 0.717) is 43.2 Å². The van der Waals surface area contributed by atoms with Crippen molar-refractivity contribution < 1.29 is 9.47 Å². The van der Waals surface area contributed by atoms with E-state index >= 15 is 0 Å². The molecule has 2 aliphatic rings. The quantitative estimate of drug-likeness (QED) is 0.642. The molecule has 1 saturated carbocycles. The van der Waals surface area contributed by atoms with Gasteiger partial charge < -0.3 is 14.4 Å². The van der Waals surface area contributed by atoms with Crippen molar-refractivity contribution in [3.63, 3.8) is 0 Å². The van der Waals surface area contributed by atoms with Gasteiger partial charge in [0.25, 0.3) is 0 Å². The summed E-state index contributed by atoms with van der Waals surface area (Å²) in [5.74, 6) is 1.93. The Morgan fingerprint density at radius 1 is 1.20 bits per heavy atom. The predicted molar refractivity (Wildman–Crippen MR) is 114 cm³/mol. The second kappa shape index (κ2) is 7.83. The minimum absolute atomic E-state index is 0.0567. The van der Waals surface area contributed by atoms with E-state index in [1.807, 2.05) is 26.4 Å². The Kier molecular flexibility index (Phi) is 5.02. The normalized spacial score (nSPS) is 19.8. The number of hydrogen-bond donors (Lipinski definition) is 0. The Bertz CT molecular complexity index is 1060. The van der Waals surface area contributed by atoms with Gasteiger partial charge in [0.05, 0.1) is 31.3 Å². The lowest BCUT2D eigenvalue weighted by Crippen LogP contribution is -2.39. The molecule has 0 amide bonds. The number of hydrogen-bond acceptors (Lipinski definition) is 7. The molecule has 1 aliphatic carbocycles. The van der Waals surface area contributed by atoms with Crippen LogP contribution in [-0.4, -0.2) is 51.0 Å². The van der Waals surface area contributed by atoms with E-state index < -0.39 is 0 Å². The summed E-state index contributed by atoms with van der Waals surface area (Å²) in [6.45, 7) is 6.79. The number of rotatable bonds is 5. The molecule has 1 atom stereocenters. The Morgan fingerprint density at radius 3 is 2.80 bits per heavy atom. The molecule has 0 radical (unpaired) electrons. The first-order valence-corrected chi connectivity index (χ1v) is 10.7. The maximum absolute atomic E-state index is 6.20. The fraction of sp³-hybridized carbons (Fsp3) is 0.545. The van der Waals surface area contributed by atoms with Gasteiger partial charge >= 0.3 is 0 Å².